The fraction of sp³-hybridized carbons (Fsp3) is 0.462. The fourth-order valence-electron chi connectivity index (χ4n) is 2.05. The van der Waals surface area contributed by atoms with Crippen LogP contribution in [0.3, 0.4) is 0 Å². The average molecular weight is 273 g/mol. The summed E-state index contributed by atoms with van der Waals surface area (Å²) in [6.07, 6.45) is 8.47. The molecule has 1 aliphatic carbocycles. The summed E-state index contributed by atoms with van der Waals surface area (Å²) in [5.74, 6) is 0.999. The monoisotopic (exact) mass is 273 g/mol. The second kappa shape index (κ2) is 5.36. The zero-order chi connectivity index (χ0) is 13.9. The lowest BCUT2D eigenvalue weighted by Gasteiger charge is -2.02. The molecule has 0 aromatic carbocycles. The van der Waals surface area contributed by atoms with Gasteiger partial charge in [-0.2, -0.15) is 5.10 Å². The molecule has 7 nitrogen and oxygen atoms in total. The van der Waals surface area contributed by atoms with E-state index in [2.05, 4.69) is 20.1 Å². The molecule has 1 aliphatic rings. The molecule has 0 saturated heterocycles. The van der Waals surface area contributed by atoms with Crippen LogP contribution in [0.2, 0.25) is 0 Å². The summed E-state index contributed by atoms with van der Waals surface area (Å²) in [5.41, 5.74) is 0.866. The molecule has 2 aromatic heterocycles. The molecular weight excluding hydrogens is 258 g/mol. The first-order chi connectivity index (χ1) is 9.72. The van der Waals surface area contributed by atoms with E-state index >= 15 is 0 Å². The van der Waals surface area contributed by atoms with Crippen LogP contribution >= 0.6 is 0 Å². The van der Waals surface area contributed by atoms with Gasteiger partial charge >= 0.3 is 5.97 Å². The number of carboxylic acids is 1. The molecule has 1 N–H and O–H groups in total. The van der Waals surface area contributed by atoms with E-state index < -0.39 is 5.97 Å². The number of rotatable bonds is 6. The van der Waals surface area contributed by atoms with Gasteiger partial charge in [-0.15, -0.1) is 0 Å². The molecule has 0 atom stereocenters. The zero-order valence-electron chi connectivity index (χ0n) is 10.9. The summed E-state index contributed by atoms with van der Waals surface area (Å²) in [4.78, 5) is 23.6. The van der Waals surface area contributed by atoms with Gasteiger partial charge in [0.25, 0.3) is 0 Å². The summed E-state index contributed by atoms with van der Waals surface area (Å²) >= 11 is 0. The van der Waals surface area contributed by atoms with Gasteiger partial charge in [0, 0.05) is 30.9 Å². The third-order valence-electron chi connectivity index (χ3n) is 3.21. The van der Waals surface area contributed by atoms with E-state index in [4.69, 9.17) is 5.11 Å². The topological polar surface area (TPSA) is 93.8 Å². The maximum absolute atomic E-state index is 10.9. The fourth-order valence-corrected chi connectivity index (χ4v) is 2.05. The lowest BCUT2D eigenvalue weighted by atomic mass is 10.2. The highest BCUT2D eigenvalue weighted by Crippen LogP contribution is 2.38. The predicted molar refractivity (Wildman–Crippen MR) is 69.1 cm³/mol. The van der Waals surface area contributed by atoms with Crippen molar-refractivity contribution in [1.29, 1.82) is 0 Å². The lowest BCUT2D eigenvalue weighted by molar-refractivity contribution is -0.137. The second-order valence-electron chi connectivity index (χ2n) is 4.91. The van der Waals surface area contributed by atoms with Gasteiger partial charge in [0.05, 0.1) is 5.69 Å². The van der Waals surface area contributed by atoms with E-state index in [9.17, 15) is 4.79 Å². The van der Waals surface area contributed by atoms with Crippen molar-refractivity contribution in [3.8, 4) is 0 Å². The van der Waals surface area contributed by atoms with Crippen LogP contribution in [0.25, 0.3) is 0 Å². The van der Waals surface area contributed by atoms with E-state index in [-0.39, 0.29) is 6.54 Å². The predicted octanol–water partition coefficient (Wildman–Crippen LogP) is 0.815. The minimum Gasteiger partial charge on any atom is -0.480 e. The molecule has 3 rings (SSSR count). The molecule has 1 fully saturated rings. The molecule has 0 radical (unpaired) electrons. The maximum Gasteiger partial charge on any atom is 0.325 e. The third kappa shape index (κ3) is 2.98. The molecule has 20 heavy (non-hydrogen) atoms. The third-order valence-corrected chi connectivity index (χ3v) is 3.21. The van der Waals surface area contributed by atoms with Gasteiger partial charge in [-0.1, -0.05) is 0 Å². The van der Waals surface area contributed by atoms with Crippen molar-refractivity contribution in [2.45, 2.75) is 38.1 Å². The molecule has 0 spiro atoms. The highest BCUT2D eigenvalue weighted by molar-refractivity contribution is 5.66. The summed E-state index contributed by atoms with van der Waals surface area (Å²) in [6, 6.07) is 0. The van der Waals surface area contributed by atoms with Crippen LogP contribution in [-0.4, -0.2) is 35.8 Å². The van der Waals surface area contributed by atoms with Gasteiger partial charge in [-0.05, 0) is 19.3 Å². The first-order valence-corrected chi connectivity index (χ1v) is 6.62. The van der Waals surface area contributed by atoms with Crippen LogP contribution in [0.15, 0.2) is 18.6 Å². The van der Waals surface area contributed by atoms with Crippen LogP contribution in [0.4, 0.5) is 0 Å². The Balaban J connectivity index is 1.74. The molecule has 0 amide bonds. The summed E-state index contributed by atoms with van der Waals surface area (Å²) in [6.45, 7) is -0.143. The van der Waals surface area contributed by atoms with Crippen LogP contribution in [0.1, 0.15) is 36.1 Å². The Bertz CT molecular complexity index is 606. The smallest absolute Gasteiger partial charge is 0.325 e. The van der Waals surface area contributed by atoms with Crippen molar-refractivity contribution < 1.29 is 9.90 Å². The van der Waals surface area contributed by atoms with Crippen LogP contribution in [0.5, 0.6) is 0 Å². The Kier molecular flexibility index (Phi) is 3.41. The van der Waals surface area contributed by atoms with E-state index in [1.807, 2.05) is 0 Å². The van der Waals surface area contributed by atoms with E-state index in [0.717, 1.165) is 24.4 Å². The van der Waals surface area contributed by atoms with Crippen molar-refractivity contribution in [1.82, 2.24) is 24.7 Å². The Labute approximate surface area is 115 Å². The Morgan fingerprint density at radius 2 is 2.20 bits per heavy atom. The van der Waals surface area contributed by atoms with E-state index in [1.165, 1.54) is 4.68 Å². The summed E-state index contributed by atoms with van der Waals surface area (Å²) in [7, 11) is 0. The average Bonchev–Trinajstić information content (AvgIpc) is 3.21. The van der Waals surface area contributed by atoms with Crippen molar-refractivity contribution in [2.75, 3.05) is 0 Å². The molecule has 104 valence electrons. The van der Waals surface area contributed by atoms with Crippen molar-refractivity contribution in [3.05, 3.63) is 35.9 Å². The van der Waals surface area contributed by atoms with Crippen LogP contribution in [0, 0.1) is 0 Å². The minimum absolute atomic E-state index is 0.143. The number of hydrogen-bond donors (Lipinski definition) is 1. The van der Waals surface area contributed by atoms with Crippen molar-refractivity contribution in [3.63, 3.8) is 0 Å². The first-order valence-electron chi connectivity index (χ1n) is 6.62. The molecule has 2 heterocycles. The number of carbonyl (C=O) groups is 1. The molecule has 0 bridgehead atoms. The first kappa shape index (κ1) is 12.7. The van der Waals surface area contributed by atoms with Crippen LogP contribution in [-0.2, 0) is 24.2 Å². The largest absolute Gasteiger partial charge is 0.480 e. The summed E-state index contributed by atoms with van der Waals surface area (Å²) < 4.78 is 1.49. The Morgan fingerprint density at radius 3 is 2.85 bits per heavy atom. The standard InChI is InChI=1S/C13H15N5O2/c19-12(20)8-18-11(16-13(17-18)9-1-2-9)4-3-10-7-14-5-6-15-10/h5-7,9H,1-4,8H2,(H,19,20). The lowest BCUT2D eigenvalue weighted by Crippen LogP contribution is -2.14. The minimum atomic E-state index is -0.905. The molecule has 0 unspecified atom stereocenters. The number of aromatic nitrogens is 5. The zero-order valence-corrected chi connectivity index (χ0v) is 10.9. The molecule has 7 heteroatoms. The Hall–Kier alpha value is -2.31. The van der Waals surface area contributed by atoms with Gasteiger partial charge in [0.1, 0.15) is 12.4 Å². The maximum atomic E-state index is 10.9. The van der Waals surface area contributed by atoms with Crippen molar-refractivity contribution >= 4 is 5.97 Å². The van der Waals surface area contributed by atoms with E-state index in [0.29, 0.717) is 24.6 Å². The molecule has 1 saturated carbocycles. The summed E-state index contributed by atoms with van der Waals surface area (Å²) in [5, 5.41) is 13.2. The quantitative estimate of drug-likeness (QED) is 0.837. The van der Waals surface area contributed by atoms with Crippen LogP contribution < -0.4 is 0 Å². The molecule has 0 aliphatic heterocycles. The highest BCUT2D eigenvalue weighted by Gasteiger charge is 2.29. The van der Waals surface area contributed by atoms with Gasteiger partial charge in [0.15, 0.2) is 5.82 Å². The van der Waals surface area contributed by atoms with Gasteiger partial charge in [-0.3, -0.25) is 14.8 Å². The number of nitrogens with zero attached hydrogens (tertiary/aromatic N) is 5. The highest BCUT2D eigenvalue weighted by atomic mass is 16.4. The Morgan fingerprint density at radius 1 is 1.35 bits per heavy atom. The molecule has 2 aromatic rings. The van der Waals surface area contributed by atoms with Gasteiger partial charge in [-0.25, -0.2) is 9.67 Å². The number of hydrogen-bond acceptors (Lipinski definition) is 5. The molecular formula is C13H15N5O2. The number of carboxylic acid groups (broad SMARTS) is 1. The number of aryl methyl sites for hydroxylation is 2. The SMILES string of the molecule is O=C(O)Cn1nc(C2CC2)nc1CCc1cnccn1. The van der Waals surface area contributed by atoms with Gasteiger partial charge < -0.3 is 5.11 Å². The second-order valence-corrected chi connectivity index (χ2v) is 4.91. The van der Waals surface area contributed by atoms with Gasteiger partial charge in [0.2, 0.25) is 0 Å². The normalized spacial score (nSPS) is 14.4. The van der Waals surface area contributed by atoms with E-state index in [1.54, 1.807) is 18.6 Å². The number of aliphatic carboxylic acids is 1. The van der Waals surface area contributed by atoms with Crippen molar-refractivity contribution in [2.24, 2.45) is 0 Å².